The maximum Gasteiger partial charge on any atom is 0.161 e. The maximum absolute atomic E-state index is 13.3. The van der Waals surface area contributed by atoms with E-state index in [0.29, 0.717) is 23.8 Å². The molecule has 0 unspecified atom stereocenters. The van der Waals surface area contributed by atoms with E-state index in [2.05, 4.69) is 15.0 Å². The van der Waals surface area contributed by atoms with Crippen LogP contribution in [0.15, 0.2) is 59.8 Å². The fourth-order valence-electron chi connectivity index (χ4n) is 4.32. The van der Waals surface area contributed by atoms with Gasteiger partial charge in [0.05, 0.1) is 19.9 Å². The van der Waals surface area contributed by atoms with Crippen LogP contribution in [0.3, 0.4) is 0 Å². The molecular formula is C28H28FN3O4. The van der Waals surface area contributed by atoms with E-state index in [1.807, 2.05) is 44.4 Å². The van der Waals surface area contributed by atoms with E-state index in [0.717, 1.165) is 51.1 Å². The average Bonchev–Trinajstić information content (AvgIpc) is 3.38. The first-order valence-corrected chi connectivity index (χ1v) is 11.6. The molecule has 1 aliphatic carbocycles. The topological polar surface area (TPSA) is 68.3 Å². The number of halogens is 1. The number of aromatic nitrogens is 1. The highest BCUT2D eigenvalue weighted by Gasteiger charge is 2.32. The van der Waals surface area contributed by atoms with E-state index in [1.165, 1.54) is 12.1 Å². The smallest absolute Gasteiger partial charge is 0.161 e. The zero-order chi connectivity index (χ0) is 25.2. The lowest BCUT2D eigenvalue weighted by Crippen LogP contribution is -2.19. The van der Waals surface area contributed by atoms with E-state index >= 15 is 0 Å². The zero-order valence-corrected chi connectivity index (χ0v) is 20.7. The van der Waals surface area contributed by atoms with Crippen molar-refractivity contribution < 1.29 is 23.4 Å². The number of benzene rings is 3. The average molecular weight is 490 g/mol. The SMILES string of the molecule is COc1cc2c(cc1OC)-c1[nH]c3ccc(OCCN(C)C)cc3c1C2=NOCc1ccc(F)cc1. The molecular weight excluding hydrogens is 461 g/mol. The van der Waals surface area contributed by atoms with Crippen molar-refractivity contribution in [3.63, 3.8) is 0 Å². The molecule has 0 amide bonds. The van der Waals surface area contributed by atoms with Crippen molar-refractivity contribution in [1.29, 1.82) is 0 Å². The molecule has 0 spiro atoms. The number of methoxy groups -OCH3 is 2. The summed E-state index contributed by atoms with van der Waals surface area (Å²) >= 11 is 0. The summed E-state index contributed by atoms with van der Waals surface area (Å²) in [6, 6.07) is 16.0. The van der Waals surface area contributed by atoms with Crippen molar-refractivity contribution in [3.05, 3.63) is 77.1 Å². The van der Waals surface area contributed by atoms with Gasteiger partial charge in [-0.25, -0.2) is 4.39 Å². The van der Waals surface area contributed by atoms with E-state index in [4.69, 9.17) is 19.0 Å². The van der Waals surface area contributed by atoms with Crippen LogP contribution in [0, 0.1) is 5.82 Å². The van der Waals surface area contributed by atoms with Crippen molar-refractivity contribution in [3.8, 4) is 28.5 Å². The highest BCUT2D eigenvalue weighted by Crippen LogP contribution is 2.46. The summed E-state index contributed by atoms with van der Waals surface area (Å²) < 4.78 is 30.4. The molecule has 186 valence electrons. The van der Waals surface area contributed by atoms with Crippen LogP contribution in [0.4, 0.5) is 4.39 Å². The van der Waals surface area contributed by atoms with Gasteiger partial charge in [-0.1, -0.05) is 17.3 Å². The Morgan fingerprint density at radius 2 is 1.64 bits per heavy atom. The van der Waals surface area contributed by atoms with Gasteiger partial charge in [0.1, 0.15) is 30.5 Å². The summed E-state index contributed by atoms with van der Waals surface area (Å²) in [6.45, 7) is 1.61. The van der Waals surface area contributed by atoms with Gasteiger partial charge in [-0.15, -0.1) is 0 Å². The molecule has 3 aromatic carbocycles. The first-order valence-electron chi connectivity index (χ1n) is 11.6. The Bertz CT molecular complexity index is 1430. The van der Waals surface area contributed by atoms with Crippen LogP contribution in [0.25, 0.3) is 22.2 Å². The Morgan fingerprint density at radius 1 is 0.917 bits per heavy atom. The zero-order valence-electron chi connectivity index (χ0n) is 20.7. The minimum atomic E-state index is -0.289. The summed E-state index contributed by atoms with van der Waals surface area (Å²) in [5.74, 6) is 1.72. The molecule has 8 heteroatoms. The number of nitrogens with one attached hydrogen (secondary N) is 1. The van der Waals surface area contributed by atoms with Gasteiger partial charge in [0.2, 0.25) is 0 Å². The third-order valence-corrected chi connectivity index (χ3v) is 6.16. The molecule has 0 aliphatic heterocycles. The molecule has 0 bridgehead atoms. The minimum absolute atomic E-state index is 0.211. The fraction of sp³-hybridized carbons (Fsp3) is 0.250. The minimum Gasteiger partial charge on any atom is -0.493 e. The largest absolute Gasteiger partial charge is 0.493 e. The summed E-state index contributed by atoms with van der Waals surface area (Å²) in [5.41, 5.74) is 6.13. The molecule has 36 heavy (non-hydrogen) atoms. The first kappa shape index (κ1) is 23.7. The van der Waals surface area contributed by atoms with Crippen molar-refractivity contribution in [2.24, 2.45) is 5.16 Å². The number of hydrogen-bond acceptors (Lipinski definition) is 6. The molecule has 7 nitrogen and oxygen atoms in total. The molecule has 0 saturated carbocycles. The van der Waals surface area contributed by atoms with Gasteiger partial charge < -0.3 is 28.9 Å². The van der Waals surface area contributed by atoms with Crippen LogP contribution in [0.2, 0.25) is 0 Å². The molecule has 0 saturated heterocycles. The Labute approximate surface area is 209 Å². The third kappa shape index (κ3) is 4.47. The number of nitrogens with zero attached hydrogens (tertiary/aromatic N) is 2. The molecule has 5 rings (SSSR count). The van der Waals surface area contributed by atoms with Crippen LogP contribution >= 0.6 is 0 Å². The molecule has 1 aliphatic rings. The molecule has 1 aromatic heterocycles. The van der Waals surface area contributed by atoms with Gasteiger partial charge in [-0.3, -0.25) is 0 Å². The van der Waals surface area contributed by atoms with Crippen LogP contribution in [0.5, 0.6) is 17.2 Å². The molecule has 4 aromatic rings. The van der Waals surface area contributed by atoms with Crippen molar-refractivity contribution in [2.45, 2.75) is 6.61 Å². The number of likely N-dealkylation sites (N-methyl/N-ethyl adjacent to an activating group) is 1. The highest BCUT2D eigenvalue weighted by molar-refractivity contribution is 6.30. The second kappa shape index (κ2) is 9.91. The normalized spacial score (nSPS) is 13.2. The lowest BCUT2D eigenvalue weighted by molar-refractivity contribution is 0.131. The van der Waals surface area contributed by atoms with Gasteiger partial charge >= 0.3 is 0 Å². The highest BCUT2D eigenvalue weighted by atomic mass is 19.1. The Kier molecular flexibility index (Phi) is 6.52. The van der Waals surface area contributed by atoms with Crippen molar-refractivity contribution >= 4 is 16.6 Å². The number of H-pyrrole nitrogens is 1. The molecule has 0 fully saturated rings. The van der Waals surface area contributed by atoms with Crippen LogP contribution in [-0.2, 0) is 11.4 Å². The third-order valence-electron chi connectivity index (χ3n) is 6.16. The summed E-state index contributed by atoms with van der Waals surface area (Å²) in [4.78, 5) is 11.4. The standard InChI is InChI=1S/C28H28FN3O4/c1-32(2)11-12-35-19-9-10-23-22(13-19)26-27(30-23)20-14-24(33-3)25(34-4)15-21(20)28(26)31-36-16-17-5-7-18(29)8-6-17/h5-10,13-15,30H,11-12,16H2,1-4H3. The second-order valence-electron chi connectivity index (χ2n) is 8.83. The van der Waals surface area contributed by atoms with Crippen molar-refractivity contribution in [2.75, 3.05) is 41.5 Å². The predicted molar refractivity (Wildman–Crippen MR) is 138 cm³/mol. The summed E-state index contributed by atoms with van der Waals surface area (Å²) in [6.07, 6.45) is 0. The van der Waals surface area contributed by atoms with Gasteiger partial charge in [-0.05, 0) is 62.1 Å². The van der Waals surface area contributed by atoms with Crippen molar-refractivity contribution in [1.82, 2.24) is 9.88 Å². The fourth-order valence-corrected chi connectivity index (χ4v) is 4.32. The van der Waals surface area contributed by atoms with E-state index in [1.54, 1.807) is 26.4 Å². The van der Waals surface area contributed by atoms with E-state index in [-0.39, 0.29) is 12.4 Å². The number of rotatable bonds is 9. The lowest BCUT2D eigenvalue weighted by Gasteiger charge is -2.12. The Hall–Kier alpha value is -4.04. The number of oxime groups is 1. The molecule has 0 atom stereocenters. The first-order chi connectivity index (χ1) is 17.5. The number of aromatic amines is 1. The molecule has 0 radical (unpaired) electrons. The second-order valence-corrected chi connectivity index (χ2v) is 8.83. The predicted octanol–water partition coefficient (Wildman–Crippen LogP) is 5.21. The monoisotopic (exact) mass is 489 g/mol. The molecule has 1 heterocycles. The number of fused-ring (bicyclic) bond motifs is 5. The quantitative estimate of drug-likeness (QED) is 0.288. The Balaban J connectivity index is 1.57. The van der Waals surface area contributed by atoms with Crippen LogP contribution in [-0.4, -0.2) is 57.1 Å². The van der Waals surface area contributed by atoms with Gasteiger partial charge in [0.25, 0.3) is 0 Å². The van der Waals surface area contributed by atoms with E-state index in [9.17, 15) is 4.39 Å². The molecule has 1 N–H and O–H groups in total. The number of hydrogen-bond donors (Lipinski definition) is 1. The van der Waals surface area contributed by atoms with Gasteiger partial charge in [0, 0.05) is 34.1 Å². The van der Waals surface area contributed by atoms with E-state index < -0.39 is 0 Å². The number of ether oxygens (including phenoxy) is 3. The lowest BCUT2D eigenvalue weighted by atomic mass is 10.1. The summed E-state index contributed by atoms with van der Waals surface area (Å²) in [5, 5.41) is 5.53. The maximum atomic E-state index is 13.3. The van der Waals surface area contributed by atoms with Gasteiger partial charge in [-0.2, -0.15) is 0 Å². The summed E-state index contributed by atoms with van der Waals surface area (Å²) in [7, 11) is 7.25. The van der Waals surface area contributed by atoms with Crippen LogP contribution in [0.1, 0.15) is 16.7 Å². The Morgan fingerprint density at radius 3 is 2.33 bits per heavy atom. The van der Waals surface area contributed by atoms with Gasteiger partial charge in [0.15, 0.2) is 11.5 Å². The van der Waals surface area contributed by atoms with Crippen LogP contribution < -0.4 is 14.2 Å².